The maximum atomic E-state index is 12.9. The first-order valence-corrected chi connectivity index (χ1v) is 11.8. The molecule has 3 aromatic rings. The van der Waals surface area contributed by atoms with E-state index < -0.39 is 0 Å². The molecule has 4 heterocycles. The van der Waals surface area contributed by atoms with Crippen LogP contribution in [-0.4, -0.2) is 51.0 Å². The Morgan fingerprint density at radius 3 is 2.97 bits per heavy atom. The fraction of sp³-hybridized carbons (Fsp3) is 0.542. The highest BCUT2D eigenvalue weighted by Crippen LogP contribution is 2.32. The lowest BCUT2D eigenvalue weighted by atomic mass is 9.98. The Balaban J connectivity index is 1.39. The molecule has 1 amide bonds. The van der Waals surface area contributed by atoms with Crippen molar-refractivity contribution >= 4 is 22.6 Å². The molecule has 1 saturated heterocycles. The number of carbonyl (C=O) groups excluding carboxylic acids is 1. The summed E-state index contributed by atoms with van der Waals surface area (Å²) in [6.07, 6.45) is 8.60. The van der Waals surface area contributed by atoms with E-state index in [9.17, 15) is 4.79 Å². The SMILES string of the molecule is C[C@H]1CCc2c(ccc3c2nc(CCn2cccn2)n3CC(=O)NCC2CCOCC2)N1. The molecule has 2 N–H and O–H groups in total. The highest BCUT2D eigenvalue weighted by molar-refractivity contribution is 5.87. The number of aryl methyl sites for hydroxylation is 3. The quantitative estimate of drug-likeness (QED) is 0.595. The molecule has 170 valence electrons. The van der Waals surface area contributed by atoms with Gasteiger partial charge < -0.3 is 19.9 Å². The Labute approximate surface area is 188 Å². The zero-order chi connectivity index (χ0) is 21.9. The summed E-state index contributed by atoms with van der Waals surface area (Å²) in [6, 6.07) is 6.64. The van der Waals surface area contributed by atoms with Crippen LogP contribution in [0.25, 0.3) is 11.0 Å². The summed E-state index contributed by atoms with van der Waals surface area (Å²) < 4.78 is 9.43. The summed E-state index contributed by atoms with van der Waals surface area (Å²) in [5, 5.41) is 11.0. The van der Waals surface area contributed by atoms with Crippen LogP contribution in [-0.2, 0) is 35.5 Å². The van der Waals surface area contributed by atoms with Gasteiger partial charge in [-0.25, -0.2) is 4.98 Å². The standard InChI is InChI=1S/C24H32N6O2/c1-17-3-4-19-20(27-17)5-6-21-24(19)28-22(7-12-29-11-2-10-26-29)30(21)16-23(31)25-15-18-8-13-32-14-9-18/h2,5-6,10-11,17-18,27H,3-4,7-9,12-16H2,1H3,(H,25,31)/t17-/m0/s1. The Morgan fingerprint density at radius 1 is 1.28 bits per heavy atom. The third kappa shape index (κ3) is 4.50. The van der Waals surface area contributed by atoms with Crippen LogP contribution in [0.2, 0.25) is 0 Å². The number of amides is 1. The smallest absolute Gasteiger partial charge is 0.240 e. The lowest BCUT2D eigenvalue weighted by molar-refractivity contribution is -0.122. The molecule has 0 bridgehead atoms. The van der Waals surface area contributed by atoms with Gasteiger partial charge in [0.1, 0.15) is 12.4 Å². The van der Waals surface area contributed by atoms with Gasteiger partial charge in [-0.15, -0.1) is 0 Å². The second-order valence-electron chi connectivity index (χ2n) is 9.04. The van der Waals surface area contributed by atoms with Gasteiger partial charge in [-0.3, -0.25) is 9.48 Å². The normalized spacial score (nSPS) is 19.0. The fourth-order valence-corrected chi connectivity index (χ4v) is 4.80. The first-order valence-electron chi connectivity index (χ1n) is 11.8. The maximum Gasteiger partial charge on any atom is 0.240 e. The Morgan fingerprint density at radius 2 is 2.16 bits per heavy atom. The fourth-order valence-electron chi connectivity index (χ4n) is 4.80. The second-order valence-corrected chi connectivity index (χ2v) is 9.04. The predicted octanol–water partition coefficient (Wildman–Crippen LogP) is 2.76. The number of carbonyl (C=O) groups is 1. The van der Waals surface area contributed by atoms with Crippen molar-refractivity contribution in [1.29, 1.82) is 0 Å². The number of hydrogen-bond donors (Lipinski definition) is 2. The number of aromatic nitrogens is 4. The summed E-state index contributed by atoms with van der Waals surface area (Å²) in [5.74, 6) is 1.48. The number of nitrogens with zero attached hydrogens (tertiary/aromatic N) is 4. The van der Waals surface area contributed by atoms with E-state index in [-0.39, 0.29) is 12.5 Å². The van der Waals surface area contributed by atoms with Crippen molar-refractivity contribution < 1.29 is 9.53 Å². The van der Waals surface area contributed by atoms with Crippen molar-refractivity contribution in [2.45, 2.75) is 58.2 Å². The number of benzene rings is 1. The molecule has 0 spiro atoms. The van der Waals surface area contributed by atoms with Crippen molar-refractivity contribution in [2.75, 3.05) is 25.1 Å². The van der Waals surface area contributed by atoms with Crippen LogP contribution in [0.4, 0.5) is 5.69 Å². The summed E-state index contributed by atoms with van der Waals surface area (Å²) in [6.45, 7) is 5.54. The molecule has 1 aromatic carbocycles. The Bertz CT molecular complexity index is 1070. The highest BCUT2D eigenvalue weighted by Gasteiger charge is 2.22. The molecule has 8 nitrogen and oxygen atoms in total. The molecule has 0 unspecified atom stereocenters. The minimum absolute atomic E-state index is 0.0422. The van der Waals surface area contributed by atoms with E-state index >= 15 is 0 Å². The average Bonchev–Trinajstić information content (AvgIpc) is 3.45. The van der Waals surface area contributed by atoms with Crippen molar-refractivity contribution in [2.24, 2.45) is 5.92 Å². The molecular formula is C24H32N6O2. The predicted molar refractivity (Wildman–Crippen MR) is 124 cm³/mol. The zero-order valence-electron chi connectivity index (χ0n) is 18.7. The number of hydrogen-bond acceptors (Lipinski definition) is 5. The number of rotatable bonds is 7. The van der Waals surface area contributed by atoms with Gasteiger partial charge in [0.25, 0.3) is 0 Å². The molecular weight excluding hydrogens is 404 g/mol. The molecule has 5 rings (SSSR count). The van der Waals surface area contributed by atoms with E-state index in [1.807, 2.05) is 16.9 Å². The maximum absolute atomic E-state index is 12.9. The summed E-state index contributed by atoms with van der Waals surface area (Å²) >= 11 is 0. The van der Waals surface area contributed by atoms with E-state index in [0.717, 1.165) is 68.7 Å². The molecule has 1 atom stereocenters. The Hall–Kier alpha value is -2.87. The van der Waals surface area contributed by atoms with Gasteiger partial charge in [0, 0.05) is 62.4 Å². The molecule has 0 aliphatic carbocycles. The monoisotopic (exact) mass is 436 g/mol. The Kier molecular flexibility index (Phi) is 6.12. The van der Waals surface area contributed by atoms with E-state index in [1.54, 1.807) is 6.20 Å². The zero-order valence-corrected chi connectivity index (χ0v) is 18.7. The lowest BCUT2D eigenvalue weighted by Gasteiger charge is -2.24. The first kappa shape index (κ1) is 21.0. The van der Waals surface area contributed by atoms with Crippen LogP contribution in [0.5, 0.6) is 0 Å². The molecule has 8 heteroatoms. The lowest BCUT2D eigenvalue weighted by Crippen LogP contribution is -2.34. The molecule has 2 aliphatic rings. The van der Waals surface area contributed by atoms with Crippen molar-refractivity contribution in [3.63, 3.8) is 0 Å². The number of nitrogens with one attached hydrogen (secondary N) is 2. The van der Waals surface area contributed by atoms with Gasteiger partial charge in [0.05, 0.1) is 11.0 Å². The molecule has 0 saturated carbocycles. The largest absolute Gasteiger partial charge is 0.382 e. The van der Waals surface area contributed by atoms with Gasteiger partial charge in [0.15, 0.2) is 0 Å². The van der Waals surface area contributed by atoms with Gasteiger partial charge in [0.2, 0.25) is 5.91 Å². The van der Waals surface area contributed by atoms with Crippen molar-refractivity contribution in [3.05, 3.63) is 42.0 Å². The summed E-state index contributed by atoms with van der Waals surface area (Å²) in [4.78, 5) is 17.9. The van der Waals surface area contributed by atoms with E-state index in [4.69, 9.17) is 9.72 Å². The van der Waals surface area contributed by atoms with Crippen LogP contribution < -0.4 is 10.6 Å². The van der Waals surface area contributed by atoms with E-state index in [0.29, 0.717) is 18.5 Å². The molecule has 2 aromatic heterocycles. The number of fused-ring (bicyclic) bond motifs is 3. The van der Waals surface area contributed by atoms with Crippen molar-refractivity contribution in [3.8, 4) is 0 Å². The number of anilines is 1. The molecule has 2 aliphatic heterocycles. The minimum Gasteiger partial charge on any atom is -0.382 e. The average molecular weight is 437 g/mol. The number of imidazole rings is 1. The van der Waals surface area contributed by atoms with Crippen LogP contribution in [0.3, 0.4) is 0 Å². The molecule has 0 radical (unpaired) electrons. The van der Waals surface area contributed by atoms with Gasteiger partial charge in [-0.2, -0.15) is 5.10 Å². The van der Waals surface area contributed by atoms with Gasteiger partial charge >= 0.3 is 0 Å². The minimum atomic E-state index is 0.0422. The van der Waals surface area contributed by atoms with E-state index in [2.05, 4.69) is 39.4 Å². The van der Waals surface area contributed by atoms with Crippen LogP contribution in [0.1, 0.15) is 37.6 Å². The molecule has 1 fully saturated rings. The van der Waals surface area contributed by atoms with E-state index in [1.165, 1.54) is 11.3 Å². The van der Waals surface area contributed by atoms with Crippen LogP contribution >= 0.6 is 0 Å². The summed E-state index contributed by atoms with van der Waals surface area (Å²) in [5.41, 5.74) is 4.50. The topological polar surface area (TPSA) is 86.0 Å². The third-order valence-corrected chi connectivity index (χ3v) is 6.69. The second kappa shape index (κ2) is 9.32. The first-order chi connectivity index (χ1) is 15.7. The van der Waals surface area contributed by atoms with Crippen molar-refractivity contribution in [1.82, 2.24) is 24.6 Å². The third-order valence-electron chi connectivity index (χ3n) is 6.69. The molecule has 32 heavy (non-hydrogen) atoms. The van der Waals surface area contributed by atoms with Gasteiger partial charge in [-0.1, -0.05) is 0 Å². The number of ether oxygens (including phenoxy) is 1. The van der Waals surface area contributed by atoms with Crippen LogP contribution in [0, 0.1) is 5.92 Å². The highest BCUT2D eigenvalue weighted by atomic mass is 16.5. The summed E-state index contributed by atoms with van der Waals surface area (Å²) in [7, 11) is 0. The van der Waals surface area contributed by atoms with Crippen LogP contribution in [0.15, 0.2) is 30.6 Å². The van der Waals surface area contributed by atoms with Gasteiger partial charge in [-0.05, 0) is 56.7 Å².